The van der Waals surface area contributed by atoms with Crippen LogP contribution in [0.5, 0.6) is 0 Å². The maximum atomic E-state index is 4.49. The first-order chi connectivity index (χ1) is 9.90. The van der Waals surface area contributed by atoms with Crippen LogP contribution in [-0.4, -0.2) is 21.3 Å². The first-order valence-electron chi connectivity index (χ1n) is 7.04. The van der Waals surface area contributed by atoms with Crippen molar-refractivity contribution in [2.75, 3.05) is 6.54 Å². The van der Waals surface area contributed by atoms with Gasteiger partial charge in [0.2, 0.25) is 0 Å². The lowest BCUT2D eigenvalue weighted by molar-refractivity contribution is 0.383. The summed E-state index contributed by atoms with van der Waals surface area (Å²) < 4.78 is 5.04. The summed E-state index contributed by atoms with van der Waals surface area (Å²) in [6, 6.07) is 4.87. The van der Waals surface area contributed by atoms with Gasteiger partial charge in [-0.1, -0.05) is 0 Å². The van der Waals surface area contributed by atoms with Gasteiger partial charge in [-0.3, -0.25) is 0 Å². The predicted octanol–water partition coefficient (Wildman–Crippen LogP) is 3.28. The van der Waals surface area contributed by atoms with E-state index in [1.54, 1.807) is 11.3 Å². The van der Waals surface area contributed by atoms with E-state index in [9.17, 15) is 0 Å². The maximum Gasteiger partial charge on any atom is 0.174 e. The number of hydrogen-bond donors (Lipinski definition) is 1. The minimum atomic E-state index is 0.422. The van der Waals surface area contributed by atoms with Gasteiger partial charge in [0.25, 0.3) is 0 Å². The second-order valence-corrected chi connectivity index (χ2v) is 7.59. The largest absolute Gasteiger partial charge is 0.308 e. The van der Waals surface area contributed by atoms with Gasteiger partial charge in [0.1, 0.15) is 0 Å². The Bertz CT molecular complexity index is 752. The third-order valence-electron chi connectivity index (χ3n) is 4.21. The number of nitrogens with one attached hydrogen (secondary N) is 1. The van der Waals surface area contributed by atoms with E-state index in [-0.39, 0.29) is 0 Å². The molecular formula is C14H14N4S2. The second kappa shape index (κ2) is 4.13. The Hall–Kier alpha value is -1.24. The Morgan fingerprint density at radius 2 is 2.20 bits per heavy atom. The number of aromatic nitrogens is 3. The van der Waals surface area contributed by atoms with Gasteiger partial charge in [-0.2, -0.15) is 0 Å². The Kier molecular flexibility index (Phi) is 2.36. The first kappa shape index (κ1) is 11.4. The molecule has 4 heterocycles. The molecule has 1 aliphatic carbocycles. The Morgan fingerprint density at radius 3 is 3.05 bits per heavy atom. The van der Waals surface area contributed by atoms with E-state index in [1.165, 1.54) is 27.1 Å². The summed E-state index contributed by atoms with van der Waals surface area (Å²) in [6.45, 7) is 2.01. The van der Waals surface area contributed by atoms with Crippen molar-refractivity contribution in [1.29, 1.82) is 0 Å². The zero-order valence-electron chi connectivity index (χ0n) is 10.9. The van der Waals surface area contributed by atoms with Crippen LogP contribution in [0.15, 0.2) is 17.5 Å². The van der Waals surface area contributed by atoms with Crippen LogP contribution in [0.25, 0.3) is 20.1 Å². The molecule has 1 aliphatic heterocycles. The fourth-order valence-electron chi connectivity index (χ4n) is 3.05. The summed E-state index contributed by atoms with van der Waals surface area (Å²) in [5.74, 6) is 2.98. The van der Waals surface area contributed by atoms with Gasteiger partial charge in [-0.05, 0) is 36.3 Å². The van der Waals surface area contributed by atoms with E-state index in [4.69, 9.17) is 0 Å². The quantitative estimate of drug-likeness (QED) is 0.790. The summed E-state index contributed by atoms with van der Waals surface area (Å²) in [6.07, 6.45) is 2.66. The summed E-state index contributed by atoms with van der Waals surface area (Å²) in [5.41, 5.74) is 0. The van der Waals surface area contributed by atoms with Crippen LogP contribution in [0.2, 0.25) is 0 Å². The van der Waals surface area contributed by atoms with Crippen molar-refractivity contribution in [2.45, 2.75) is 25.4 Å². The highest BCUT2D eigenvalue weighted by atomic mass is 32.1. The van der Waals surface area contributed by atoms with Crippen LogP contribution in [0.1, 0.15) is 24.7 Å². The maximum absolute atomic E-state index is 4.49. The van der Waals surface area contributed by atoms with E-state index in [1.807, 2.05) is 11.3 Å². The monoisotopic (exact) mass is 302 g/mol. The fourth-order valence-corrected chi connectivity index (χ4v) is 5.16. The number of nitrogens with zero attached hydrogens (tertiary/aromatic N) is 3. The average molecular weight is 302 g/mol. The lowest BCUT2D eigenvalue weighted by Crippen LogP contribution is -2.35. The van der Waals surface area contributed by atoms with Crippen LogP contribution in [0.4, 0.5) is 0 Å². The highest BCUT2D eigenvalue weighted by molar-refractivity contribution is 7.28. The smallest absolute Gasteiger partial charge is 0.174 e. The number of hydrogen-bond acceptors (Lipinski definition) is 5. The molecule has 20 heavy (non-hydrogen) atoms. The Morgan fingerprint density at radius 1 is 1.25 bits per heavy atom. The molecule has 1 N–H and O–H groups in total. The number of rotatable bonds is 2. The van der Waals surface area contributed by atoms with Crippen molar-refractivity contribution in [2.24, 2.45) is 5.92 Å². The van der Waals surface area contributed by atoms with Crippen molar-refractivity contribution in [1.82, 2.24) is 20.1 Å². The number of thiophene rings is 2. The van der Waals surface area contributed by atoms with E-state index in [0.717, 1.165) is 30.7 Å². The van der Waals surface area contributed by atoms with Gasteiger partial charge in [0, 0.05) is 22.5 Å². The Labute approximate surface area is 124 Å². The molecule has 0 radical (unpaired) electrons. The standard InChI is InChI=1S/C14H14N4S2/c1-2-8(1)12-14-17-16-13(18(14)5-4-15-12)11-7-10-9(20-11)3-6-19-10/h3,6-8,12,15H,1-2,4-5H2. The molecular weight excluding hydrogens is 288 g/mol. The molecule has 2 aliphatic rings. The van der Waals surface area contributed by atoms with Crippen LogP contribution < -0.4 is 5.32 Å². The molecule has 1 atom stereocenters. The molecule has 0 spiro atoms. The summed E-state index contributed by atoms with van der Waals surface area (Å²) in [4.78, 5) is 1.25. The van der Waals surface area contributed by atoms with Crippen molar-refractivity contribution in [3.63, 3.8) is 0 Å². The van der Waals surface area contributed by atoms with Crippen molar-refractivity contribution < 1.29 is 0 Å². The van der Waals surface area contributed by atoms with Gasteiger partial charge >= 0.3 is 0 Å². The summed E-state index contributed by atoms with van der Waals surface area (Å²) in [7, 11) is 0. The molecule has 1 fully saturated rings. The highest BCUT2D eigenvalue weighted by Crippen LogP contribution is 2.43. The SMILES string of the molecule is c1cc2sc(-c3nnc4n3CCNC4C3CC3)cc2s1. The summed E-state index contributed by atoms with van der Waals surface area (Å²) in [5, 5.41) is 14.7. The molecule has 0 saturated heterocycles. The Balaban J connectivity index is 1.63. The van der Waals surface area contributed by atoms with E-state index in [2.05, 4.69) is 37.6 Å². The van der Waals surface area contributed by atoms with Crippen molar-refractivity contribution >= 4 is 32.1 Å². The number of fused-ring (bicyclic) bond motifs is 2. The molecule has 1 unspecified atom stereocenters. The van der Waals surface area contributed by atoms with E-state index >= 15 is 0 Å². The average Bonchev–Trinajstić information content (AvgIpc) is 2.88. The molecule has 3 aromatic heterocycles. The van der Waals surface area contributed by atoms with Gasteiger partial charge in [-0.15, -0.1) is 32.9 Å². The fraction of sp³-hybridized carbons (Fsp3) is 0.429. The van der Waals surface area contributed by atoms with Crippen LogP contribution in [0.3, 0.4) is 0 Å². The molecule has 6 heteroatoms. The highest BCUT2D eigenvalue weighted by Gasteiger charge is 2.37. The first-order valence-corrected chi connectivity index (χ1v) is 8.73. The molecule has 102 valence electrons. The molecule has 0 amide bonds. The van der Waals surface area contributed by atoms with Crippen molar-refractivity contribution in [3.8, 4) is 10.7 Å². The molecule has 5 rings (SSSR count). The zero-order valence-corrected chi connectivity index (χ0v) is 12.5. The van der Waals surface area contributed by atoms with Crippen LogP contribution in [0, 0.1) is 5.92 Å². The van der Waals surface area contributed by atoms with Crippen molar-refractivity contribution in [3.05, 3.63) is 23.3 Å². The molecule has 1 saturated carbocycles. The van der Waals surface area contributed by atoms with Gasteiger partial charge in [0.15, 0.2) is 11.6 Å². The zero-order chi connectivity index (χ0) is 13.1. The van der Waals surface area contributed by atoms with Crippen LogP contribution >= 0.6 is 22.7 Å². The van der Waals surface area contributed by atoms with Gasteiger partial charge in [0.05, 0.1) is 10.9 Å². The predicted molar refractivity (Wildman–Crippen MR) is 82.2 cm³/mol. The molecule has 3 aromatic rings. The van der Waals surface area contributed by atoms with E-state index in [0.29, 0.717) is 6.04 Å². The summed E-state index contributed by atoms with van der Waals surface area (Å²) >= 11 is 3.63. The molecule has 0 aromatic carbocycles. The minimum Gasteiger partial charge on any atom is -0.308 e. The topological polar surface area (TPSA) is 42.7 Å². The van der Waals surface area contributed by atoms with Gasteiger partial charge in [-0.25, -0.2) is 0 Å². The second-order valence-electron chi connectivity index (χ2n) is 5.56. The lowest BCUT2D eigenvalue weighted by Gasteiger charge is -2.24. The van der Waals surface area contributed by atoms with Crippen LogP contribution in [-0.2, 0) is 6.54 Å². The lowest BCUT2D eigenvalue weighted by atomic mass is 10.1. The molecule has 0 bridgehead atoms. The van der Waals surface area contributed by atoms with E-state index < -0.39 is 0 Å². The minimum absolute atomic E-state index is 0.422. The third-order valence-corrected chi connectivity index (χ3v) is 6.30. The normalized spacial score (nSPS) is 22.3. The van der Waals surface area contributed by atoms with Gasteiger partial charge < -0.3 is 9.88 Å². The third kappa shape index (κ3) is 1.62. The molecule has 4 nitrogen and oxygen atoms in total.